The molecule has 0 aromatic carbocycles. The van der Waals surface area contributed by atoms with Crippen LogP contribution in [0.4, 0.5) is 0 Å². The summed E-state index contributed by atoms with van der Waals surface area (Å²) in [4.78, 5) is 2.64. The summed E-state index contributed by atoms with van der Waals surface area (Å²) in [5.41, 5.74) is 0. The number of ether oxygens (including phenoxy) is 1. The summed E-state index contributed by atoms with van der Waals surface area (Å²) in [5, 5.41) is 3.55. The first-order valence-electron chi connectivity index (χ1n) is 7.84. The van der Waals surface area contributed by atoms with Crippen LogP contribution in [-0.4, -0.2) is 50.3 Å². The summed E-state index contributed by atoms with van der Waals surface area (Å²) in [7, 11) is 2.14. The maximum atomic E-state index is 5.77. The standard InChI is InChI=1S/C15H30N2O/c1-3-14-12-17(9-10-18-14)11-13-7-5-4-6-8-15(13)16-2/h13-16H,3-12H2,1-2H3. The molecule has 1 saturated heterocycles. The minimum atomic E-state index is 0.470. The van der Waals surface area contributed by atoms with Crippen molar-refractivity contribution in [2.24, 2.45) is 5.92 Å². The highest BCUT2D eigenvalue weighted by atomic mass is 16.5. The molecule has 3 nitrogen and oxygen atoms in total. The molecule has 0 bridgehead atoms. The van der Waals surface area contributed by atoms with E-state index in [0.717, 1.165) is 38.1 Å². The van der Waals surface area contributed by atoms with Gasteiger partial charge in [0.1, 0.15) is 0 Å². The highest BCUT2D eigenvalue weighted by Gasteiger charge is 2.27. The second-order valence-electron chi connectivity index (χ2n) is 5.95. The van der Waals surface area contributed by atoms with Crippen LogP contribution in [-0.2, 0) is 4.74 Å². The molecule has 3 heteroatoms. The zero-order valence-corrected chi connectivity index (χ0v) is 12.2. The number of rotatable bonds is 4. The van der Waals surface area contributed by atoms with Crippen LogP contribution in [0.25, 0.3) is 0 Å². The van der Waals surface area contributed by atoms with E-state index in [0.29, 0.717) is 6.10 Å². The van der Waals surface area contributed by atoms with Gasteiger partial charge >= 0.3 is 0 Å². The third kappa shape index (κ3) is 3.94. The van der Waals surface area contributed by atoms with Gasteiger partial charge in [-0.2, -0.15) is 0 Å². The maximum absolute atomic E-state index is 5.77. The van der Waals surface area contributed by atoms with Crippen molar-refractivity contribution in [1.29, 1.82) is 0 Å². The first-order chi connectivity index (χ1) is 8.83. The van der Waals surface area contributed by atoms with Gasteiger partial charge in [-0.15, -0.1) is 0 Å². The highest BCUT2D eigenvalue weighted by Crippen LogP contribution is 2.25. The zero-order valence-electron chi connectivity index (χ0n) is 12.2. The predicted octanol–water partition coefficient (Wildman–Crippen LogP) is 2.27. The van der Waals surface area contributed by atoms with Crippen molar-refractivity contribution < 1.29 is 4.74 Å². The predicted molar refractivity (Wildman–Crippen MR) is 75.9 cm³/mol. The quantitative estimate of drug-likeness (QED) is 0.779. The van der Waals surface area contributed by atoms with Crippen LogP contribution in [0.15, 0.2) is 0 Å². The molecule has 0 aromatic rings. The third-order valence-electron chi connectivity index (χ3n) is 4.70. The van der Waals surface area contributed by atoms with Crippen LogP contribution >= 0.6 is 0 Å². The molecule has 18 heavy (non-hydrogen) atoms. The first-order valence-corrected chi connectivity index (χ1v) is 7.84. The molecule has 1 saturated carbocycles. The van der Waals surface area contributed by atoms with Gasteiger partial charge in [0.15, 0.2) is 0 Å². The summed E-state index contributed by atoms with van der Waals surface area (Å²) in [6, 6.07) is 0.732. The molecule has 0 amide bonds. The normalized spacial score (nSPS) is 35.3. The van der Waals surface area contributed by atoms with Crippen molar-refractivity contribution in [2.75, 3.05) is 33.3 Å². The molecule has 0 radical (unpaired) electrons. The Morgan fingerprint density at radius 1 is 1.22 bits per heavy atom. The second-order valence-corrected chi connectivity index (χ2v) is 5.95. The average Bonchev–Trinajstić information content (AvgIpc) is 2.64. The Bertz CT molecular complexity index is 235. The molecule has 3 unspecified atom stereocenters. The van der Waals surface area contributed by atoms with E-state index in [-0.39, 0.29) is 0 Å². The molecule has 1 heterocycles. The Morgan fingerprint density at radius 2 is 2.06 bits per heavy atom. The summed E-state index contributed by atoms with van der Waals surface area (Å²) in [6.07, 6.45) is 8.64. The van der Waals surface area contributed by atoms with Crippen molar-refractivity contribution in [1.82, 2.24) is 10.2 Å². The van der Waals surface area contributed by atoms with Gasteiger partial charge in [0.2, 0.25) is 0 Å². The lowest BCUT2D eigenvalue weighted by Gasteiger charge is -2.36. The van der Waals surface area contributed by atoms with Crippen molar-refractivity contribution >= 4 is 0 Å². The van der Waals surface area contributed by atoms with E-state index < -0.39 is 0 Å². The van der Waals surface area contributed by atoms with Gasteiger partial charge in [-0.3, -0.25) is 4.90 Å². The van der Waals surface area contributed by atoms with Gasteiger partial charge in [-0.25, -0.2) is 0 Å². The molecule has 1 aliphatic carbocycles. The summed E-state index contributed by atoms with van der Waals surface area (Å²) < 4.78 is 5.77. The zero-order chi connectivity index (χ0) is 12.8. The van der Waals surface area contributed by atoms with E-state index in [9.17, 15) is 0 Å². The SMILES string of the molecule is CCC1CN(CC2CCCCCC2NC)CCO1. The van der Waals surface area contributed by atoms with Crippen molar-refractivity contribution in [3.63, 3.8) is 0 Å². The molecule has 2 fully saturated rings. The Hall–Kier alpha value is -0.120. The van der Waals surface area contributed by atoms with Gasteiger partial charge in [0.25, 0.3) is 0 Å². The van der Waals surface area contributed by atoms with Gasteiger partial charge in [0, 0.05) is 25.7 Å². The van der Waals surface area contributed by atoms with Crippen LogP contribution < -0.4 is 5.32 Å². The molecule has 3 atom stereocenters. The number of nitrogens with zero attached hydrogens (tertiary/aromatic N) is 1. The fraction of sp³-hybridized carbons (Fsp3) is 1.00. The van der Waals surface area contributed by atoms with E-state index in [1.54, 1.807) is 0 Å². The highest BCUT2D eigenvalue weighted by molar-refractivity contribution is 4.82. The fourth-order valence-corrected chi connectivity index (χ4v) is 3.51. The Kier molecular flexibility index (Phi) is 5.93. The maximum Gasteiger partial charge on any atom is 0.0700 e. The lowest BCUT2D eigenvalue weighted by Crippen LogP contribution is -2.47. The lowest BCUT2D eigenvalue weighted by atomic mass is 9.94. The van der Waals surface area contributed by atoms with E-state index in [1.165, 1.54) is 38.6 Å². The Balaban J connectivity index is 1.85. The van der Waals surface area contributed by atoms with Crippen molar-refractivity contribution in [3.05, 3.63) is 0 Å². The number of hydrogen-bond donors (Lipinski definition) is 1. The monoisotopic (exact) mass is 254 g/mol. The molecule has 2 rings (SSSR count). The van der Waals surface area contributed by atoms with E-state index in [4.69, 9.17) is 4.74 Å². The molecule has 1 aliphatic heterocycles. The molecule has 0 aromatic heterocycles. The Morgan fingerprint density at radius 3 is 2.83 bits per heavy atom. The molecule has 0 spiro atoms. The van der Waals surface area contributed by atoms with Crippen LogP contribution in [0, 0.1) is 5.92 Å². The largest absolute Gasteiger partial charge is 0.376 e. The van der Waals surface area contributed by atoms with Crippen molar-refractivity contribution in [3.8, 4) is 0 Å². The third-order valence-corrected chi connectivity index (χ3v) is 4.70. The summed E-state index contributed by atoms with van der Waals surface area (Å²) in [5.74, 6) is 0.841. The summed E-state index contributed by atoms with van der Waals surface area (Å²) in [6.45, 7) is 6.70. The average molecular weight is 254 g/mol. The smallest absolute Gasteiger partial charge is 0.0700 e. The molecular weight excluding hydrogens is 224 g/mol. The number of hydrogen-bond acceptors (Lipinski definition) is 3. The lowest BCUT2D eigenvalue weighted by molar-refractivity contribution is -0.0358. The molecular formula is C15H30N2O. The fourth-order valence-electron chi connectivity index (χ4n) is 3.51. The minimum Gasteiger partial charge on any atom is -0.376 e. The number of nitrogens with one attached hydrogen (secondary N) is 1. The van der Waals surface area contributed by atoms with E-state index in [1.807, 2.05) is 0 Å². The van der Waals surface area contributed by atoms with Crippen LogP contribution in [0.3, 0.4) is 0 Å². The van der Waals surface area contributed by atoms with Gasteiger partial charge in [-0.1, -0.05) is 26.2 Å². The molecule has 2 aliphatic rings. The molecule has 1 N–H and O–H groups in total. The van der Waals surface area contributed by atoms with Crippen molar-refractivity contribution in [2.45, 2.75) is 57.6 Å². The first kappa shape index (κ1) is 14.3. The minimum absolute atomic E-state index is 0.470. The summed E-state index contributed by atoms with van der Waals surface area (Å²) >= 11 is 0. The van der Waals surface area contributed by atoms with E-state index in [2.05, 4.69) is 24.2 Å². The second kappa shape index (κ2) is 7.46. The molecule has 106 valence electrons. The van der Waals surface area contributed by atoms with Crippen LogP contribution in [0.2, 0.25) is 0 Å². The van der Waals surface area contributed by atoms with Crippen LogP contribution in [0.5, 0.6) is 0 Å². The van der Waals surface area contributed by atoms with Gasteiger partial charge in [-0.05, 0) is 32.2 Å². The van der Waals surface area contributed by atoms with Crippen LogP contribution in [0.1, 0.15) is 45.4 Å². The number of morpholine rings is 1. The van der Waals surface area contributed by atoms with Gasteiger partial charge in [0.05, 0.1) is 12.7 Å². The Labute approximate surface area is 112 Å². The van der Waals surface area contributed by atoms with E-state index >= 15 is 0 Å². The topological polar surface area (TPSA) is 24.5 Å². The van der Waals surface area contributed by atoms with Gasteiger partial charge < -0.3 is 10.1 Å².